The molecule has 0 aliphatic carbocycles. The van der Waals surface area contributed by atoms with Gasteiger partial charge in [-0.1, -0.05) is 0 Å². The molecule has 0 aliphatic rings. The monoisotopic (exact) mass is 142 g/mol. The van der Waals surface area contributed by atoms with Gasteiger partial charge in [0.1, 0.15) is 0 Å². The lowest BCUT2D eigenvalue weighted by Gasteiger charge is -1.83. The molecule has 1 aromatic heterocycles. The highest BCUT2D eigenvalue weighted by Gasteiger charge is 2.08. The van der Waals surface area contributed by atoms with Crippen LogP contribution >= 0.6 is 0 Å². The van der Waals surface area contributed by atoms with Gasteiger partial charge in [0, 0.05) is 6.20 Å². The first-order chi connectivity index (χ1) is 4.83. The van der Waals surface area contributed by atoms with Crippen LogP contribution in [0.5, 0.6) is 0 Å². The van der Waals surface area contributed by atoms with Crippen molar-refractivity contribution in [1.29, 1.82) is 0 Å². The van der Waals surface area contributed by atoms with Crippen LogP contribution in [0.15, 0.2) is 12.4 Å². The largest absolute Gasteiger partial charge is 0.285 e. The van der Waals surface area contributed by atoms with Gasteiger partial charge in [0.2, 0.25) is 4.92 Å². The molecule has 1 heterocycles. The summed E-state index contributed by atoms with van der Waals surface area (Å²) >= 11 is 0. The smallest absolute Gasteiger partial charge is 0.276 e. The Morgan fingerprint density at radius 1 is 1.90 bits per heavy atom. The number of hydrogen-bond acceptors (Lipinski definition) is 3. The molecule has 1 N–H and O–H groups in total. The Balaban J connectivity index is 2.48. The normalized spacial score (nSPS) is 9.30. The molecular weight excluding hydrogens is 134 g/mol. The highest BCUT2D eigenvalue weighted by molar-refractivity contribution is 4.99. The van der Waals surface area contributed by atoms with E-state index in [4.69, 9.17) is 0 Å². The molecule has 0 saturated heterocycles. The maximum absolute atomic E-state index is 10.5. The first kappa shape index (κ1) is 6.73. The maximum atomic E-state index is 10.5. The fraction of sp³-hybridized carbons (Fsp3) is 0.400. The zero-order chi connectivity index (χ0) is 7.40. The first-order valence-electron chi connectivity index (χ1n) is 2.79. The van der Waals surface area contributed by atoms with Gasteiger partial charge in [-0.3, -0.25) is 5.10 Å². The highest BCUT2D eigenvalue weighted by atomic mass is 16.8. The van der Waals surface area contributed by atoms with Gasteiger partial charge in [0.15, 0.2) is 7.11 Å². The number of hydrogen-bond donors (Lipinski definition) is 1. The van der Waals surface area contributed by atoms with Gasteiger partial charge >= 0.3 is 0 Å². The van der Waals surface area contributed by atoms with Gasteiger partial charge in [0.25, 0.3) is 6.54 Å². The van der Waals surface area contributed by atoms with Crippen LogP contribution < -0.4 is 0 Å². The fourth-order valence-electron chi connectivity index (χ4n) is 0.578. The molecule has 0 radical (unpaired) electrons. The average molecular weight is 142 g/mol. The fourth-order valence-corrected chi connectivity index (χ4v) is 0.578. The summed E-state index contributed by atoms with van der Waals surface area (Å²) in [5.74, 6) is 0. The van der Waals surface area contributed by atoms with Crippen LogP contribution in [0.2, 0.25) is 0 Å². The van der Waals surface area contributed by atoms with E-state index in [2.05, 4.69) is 15.0 Å². The summed E-state index contributed by atoms with van der Waals surface area (Å²) in [7, 11) is 1.33. The molecule has 0 saturated carbocycles. The van der Waals surface area contributed by atoms with Crippen molar-refractivity contribution in [2.75, 3.05) is 7.11 Å². The number of nitrogens with one attached hydrogen (secondary N) is 1. The molecule has 0 bridgehead atoms. The SMILES string of the molecule is CO[N+](=O)Cc1cn[nH]c1. The van der Waals surface area contributed by atoms with E-state index in [0.29, 0.717) is 4.92 Å². The van der Waals surface area contributed by atoms with Gasteiger partial charge in [0.05, 0.1) is 16.7 Å². The lowest BCUT2D eigenvalue weighted by atomic mass is 10.4. The molecule has 0 aliphatic heterocycles. The average Bonchev–Trinajstić information content (AvgIpc) is 2.40. The third-order valence-electron chi connectivity index (χ3n) is 1.07. The number of nitrogens with zero attached hydrogens (tertiary/aromatic N) is 2. The van der Waals surface area contributed by atoms with E-state index in [1.54, 1.807) is 12.4 Å². The number of rotatable bonds is 3. The molecule has 0 unspecified atom stereocenters. The quantitative estimate of drug-likeness (QED) is 0.615. The Hall–Kier alpha value is -1.39. The van der Waals surface area contributed by atoms with E-state index < -0.39 is 0 Å². The van der Waals surface area contributed by atoms with E-state index in [-0.39, 0.29) is 6.54 Å². The molecular formula is C5H8N3O2+. The minimum atomic E-state index is 0.201. The van der Waals surface area contributed by atoms with E-state index in [9.17, 15) is 4.91 Å². The Morgan fingerprint density at radius 3 is 3.20 bits per heavy atom. The van der Waals surface area contributed by atoms with Crippen LogP contribution in [0.4, 0.5) is 0 Å². The summed E-state index contributed by atoms with van der Waals surface area (Å²) in [6, 6.07) is 0. The van der Waals surface area contributed by atoms with E-state index in [1.165, 1.54) is 7.11 Å². The zero-order valence-corrected chi connectivity index (χ0v) is 5.57. The van der Waals surface area contributed by atoms with Crippen LogP contribution in [0, 0.1) is 4.91 Å². The molecule has 0 atom stereocenters. The van der Waals surface area contributed by atoms with Crippen LogP contribution in [0.25, 0.3) is 0 Å². The number of aromatic nitrogens is 2. The third kappa shape index (κ3) is 1.54. The highest BCUT2D eigenvalue weighted by Crippen LogP contribution is 1.94. The molecule has 10 heavy (non-hydrogen) atoms. The molecule has 0 fully saturated rings. The Bertz CT molecular complexity index is 207. The van der Waals surface area contributed by atoms with Gasteiger partial charge in [-0.05, 0) is 0 Å². The molecule has 1 rings (SSSR count). The van der Waals surface area contributed by atoms with Crippen LogP contribution in [-0.4, -0.2) is 22.2 Å². The Labute approximate surface area is 57.5 Å². The van der Waals surface area contributed by atoms with Crippen molar-refractivity contribution in [3.63, 3.8) is 0 Å². The second-order valence-electron chi connectivity index (χ2n) is 1.78. The van der Waals surface area contributed by atoms with Crippen molar-refractivity contribution in [3.05, 3.63) is 22.9 Å². The minimum absolute atomic E-state index is 0.201. The summed E-state index contributed by atoms with van der Waals surface area (Å²) in [4.78, 5) is 15.4. The van der Waals surface area contributed by atoms with Gasteiger partial charge < -0.3 is 0 Å². The maximum Gasteiger partial charge on any atom is 0.276 e. The topological polar surface area (TPSA) is 58.0 Å². The minimum Gasteiger partial charge on any atom is -0.285 e. The molecule has 0 amide bonds. The van der Waals surface area contributed by atoms with E-state index in [0.717, 1.165) is 5.56 Å². The Kier molecular flexibility index (Phi) is 1.99. The molecule has 0 spiro atoms. The van der Waals surface area contributed by atoms with E-state index in [1.807, 2.05) is 0 Å². The predicted molar refractivity (Wildman–Crippen MR) is 32.9 cm³/mol. The van der Waals surface area contributed by atoms with Crippen molar-refractivity contribution in [1.82, 2.24) is 10.2 Å². The molecule has 0 aromatic carbocycles. The lowest BCUT2D eigenvalue weighted by molar-refractivity contribution is -0.807. The second-order valence-corrected chi connectivity index (χ2v) is 1.78. The number of aromatic amines is 1. The number of H-pyrrole nitrogens is 1. The zero-order valence-electron chi connectivity index (χ0n) is 5.57. The van der Waals surface area contributed by atoms with Gasteiger partial charge in [-0.25, -0.2) is 4.84 Å². The summed E-state index contributed by atoms with van der Waals surface area (Å²) in [6.45, 7) is 0.201. The summed E-state index contributed by atoms with van der Waals surface area (Å²) in [6.07, 6.45) is 3.22. The van der Waals surface area contributed by atoms with Crippen molar-refractivity contribution in [3.8, 4) is 0 Å². The Morgan fingerprint density at radius 2 is 2.70 bits per heavy atom. The van der Waals surface area contributed by atoms with Crippen LogP contribution in [0.1, 0.15) is 5.56 Å². The summed E-state index contributed by atoms with van der Waals surface area (Å²) < 4.78 is 0. The second kappa shape index (κ2) is 2.95. The molecule has 1 aromatic rings. The molecule has 5 heteroatoms. The van der Waals surface area contributed by atoms with Crippen molar-refractivity contribution in [2.24, 2.45) is 0 Å². The van der Waals surface area contributed by atoms with Crippen molar-refractivity contribution >= 4 is 0 Å². The van der Waals surface area contributed by atoms with Gasteiger partial charge in [-0.15, -0.1) is 0 Å². The summed E-state index contributed by atoms with van der Waals surface area (Å²) in [5, 5.41) is 6.25. The molecule has 5 nitrogen and oxygen atoms in total. The first-order valence-corrected chi connectivity index (χ1v) is 2.79. The molecule has 54 valence electrons. The van der Waals surface area contributed by atoms with Crippen LogP contribution in [-0.2, 0) is 11.4 Å². The predicted octanol–water partition coefficient (Wildman–Crippen LogP) is 0.250. The van der Waals surface area contributed by atoms with Crippen molar-refractivity contribution < 1.29 is 9.76 Å². The van der Waals surface area contributed by atoms with E-state index >= 15 is 0 Å². The van der Waals surface area contributed by atoms with Gasteiger partial charge in [-0.2, -0.15) is 5.10 Å². The summed E-state index contributed by atoms with van der Waals surface area (Å²) in [5.41, 5.74) is 0.803. The lowest BCUT2D eigenvalue weighted by Crippen LogP contribution is -2.04. The standard InChI is InChI=1S/C5H8N3O2/c1-10-8(9)4-5-2-6-7-3-5/h2-3H,4H2,1H3,(H,6,7)/q+1. The van der Waals surface area contributed by atoms with Crippen molar-refractivity contribution in [2.45, 2.75) is 6.54 Å². The van der Waals surface area contributed by atoms with Crippen LogP contribution in [0.3, 0.4) is 0 Å². The third-order valence-corrected chi connectivity index (χ3v) is 1.07.